The minimum atomic E-state index is -0.363. The van der Waals surface area contributed by atoms with Crippen molar-refractivity contribution in [3.8, 4) is 0 Å². The Balaban J connectivity index is 1.68. The number of rotatable bonds is 4. The van der Waals surface area contributed by atoms with Crippen LogP contribution in [0, 0.1) is 29.1 Å². The third-order valence-electron chi connectivity index (χ3n) is 5.78. The van der Waals surface area contributed by atoms with Crippen LogP contribution in [-0.2, 0) is 14.3 Å². The van der Waals surface area contributed by atoms with Crippen LogP contribution in [0.5, 0.6) is 0 Å². The molecule has 0 aromatic carbocycles. The largest absolute Gasteiger partial charge is 0.349 e. The maximum atomic E-state index is 11.5. The first kappa shape index (κ1) is 16.9. The summed E-state index contributed by atoms with van der Waals surface area (Å²) < 4.78 is 13.6. The normalized spacial score (nSPS) is 38.9. The van der Waals surface area contributed by atoms with Gasteiger partial charge in [0.05, 0.1) is 13.2 Å². The van der Waals surface area contributed by atoms with Gasteiger partial charge < -0.3 is 14.3 Å². The molecule has 1 saturated heterocycles. The van der Waals surface area contributed by atoms with Gasteiger partial charge in [-0.05, 0) is 63.2 Å². The fraction of sp³-hybridized carbons (Fsp3) is 0.833. The van der Waals surface area contributed by atoms with Crippen LogP contribution in [0.2, 0.25) is 0 Å². The Bertz CT molecular complexity index is 449. The van der Waals surface area contributed by atoms with Crippen LogP contribution >= 0.6 is 22.6 Å². The third-order valence-corrected chi connectivity index (χ3v) is 6.32. The zero-order valence-electron chi connectivity index (χ0n) is 13.6. The van der Waals surface area contributed by atoms with E-state index in [1.165, 1.54) is 9.87 Å². The molecule has 3 aliphatic rings. The number of allylic oxidation sites excluding steroid dienone is 1. The summed E-state index contributed by atoms with van der Waals surface area (Å²) in [6.07, 6.45) is 6.24. The average molecular weight is 418 g/mol. The van der Waals surface area contributed by atoms with Crippen LogP contribution in [0.3, 0.4) is 0 Å². The molecule has 0 bridgehead atoms. The molecule has 3 nitrogen and oxygen atoms in total. The Kier molecular flexibility index (Phi) is 4.74. The Hall–Kier alpha value is 0.0600. The number of halogens is 1. The highest BCUT2D eigenvalue weighted by molar-refractivity contribution is 14.1. The Morgan fingerprint density at radius 1 is 1.32 bits per heavy atom. The van der Waals surface area contributed by atoms with Crippen molar-refractivity contribution in [2.45, 2.75) is 51.7 Å². The van der Waals surface area contributed by atoms with E-state index in [4.69, 9.17) is 9.47 Å². The van der Waals surface area contributed by atoms with E-state index in [1.54, 1.807) is 0 Å². The van der Waals surface area contributed by atoms with Gasteiger partial charge in [0.1, 0.15) is 6.29 Å². The highest BCUT2D eigenvalue weighted by Crippen LogP contribution is 2.57. The lowest BCUT2D eigenvalue weighted by Crippen LogP contribution is -2.46. The topological polar surface area (TPSA) is 35.5 Å². The van der Waals surface area contributed by atoms with Gasteiger partial charge in [0.15, 0.2) is 5.79 Å². The quantitative estimate of drug-likeness (QED) is 0.503. The van der Waals surface area contributed by atoms with Gasteiger partial charge in [-0.15, -0.1) is 0 Å². The Morgan fingerprint density at radius 3 is 2.59 bits per heavy atom. The van der Waals surface area contributed by atoms with E-state index in [1.807, 2.05) is 0 Å². The second-order valence-electron chi connectivity index (χ2n) is 8.24. The zero-order valence-corrected chi connectivity index (χ0v) is 15.8. The molecule has 2 aliphatic carbocycles. The van der Waals surface area contributed by atoms with E-state index in [0.717, 1.165) is 45.3 Å². The molecule has 0 unspecified atom stereocenters. The summed E-state index contributed by atoms with van der Waals surface area (Å²) in [6.45, 7) is 9.93. The fourth-order valence-corrected chi connectivity index (χ4v) is 4.95. The number of hydrogen-bond donors (Lipinski definition) is 0. The first-order valence-electron chi connectivity index (χ1n) is 8.41. The van der Waals surface area contributed by atoms with Crippen LogP contribution in [0.15, 0.2) is 10.2 Å². The zero-order chi connectivity index (χ0) is 16.0. The van der Waals surface area contributed by atoms with Gasteiger partial charge in [0, 0.05) is 24.2 Å². The SMILES string of the molecule is C=C(I)CC[C@H]1[C@@H]2CC3(C[C@@H]2C[C@@H]1C=O)OCC(C)(C)CO3. The Labute approximate surface area is 147 Å². The lowest BCUT2D eigenvalue weighted by molar-refractivity contribution is -0.298. The van der Waals surface area contributed by atoms with Crippen LogP contribution in [-0.4, -0.2) is 25.3 Å². The van der Waals surface area contributed by atoms with Crippen LogP contribution in [0.25, 0.3) is 0 Å². The lowest BCUT2D eigenvalue weighted by atomic mass is 9.84. The van der Waals surface area contributed by atoms with Crippen LogP contribution in [0.4, 0.5) is 0 Å². The molecular formula is C18H27IO3. The molecule has 0 aromatic heterocycles. The summed E-state index contributed by atoms with van der Waals surface area (Å²) in [5, 5.41) is 0. The summed E-state index contributed by atoms with van der Waals surface area (Å²) in [7, 11) is 0. The molecule has 1 heterocycles. The molecule has 3 fully saturated rings. The minimum absolute atomic E-state index is 0.118. The molecule has 3 rings (SSSR count). The standard InChI is InChI=1S/C18H27IO3/c1-12(19)4-5-15-14(9-20)6-13-7-18(8-16(13)15)21-10-17(2,3)11-22-18/h9,13-16H,1,4-8,10-11H2,2-3H3/t13-,14+,15+,16+/m0/s1. The predicted molar refractivity (Wildman–Crippen MR) is 94.7 cm³/mol. The summed E-state index contributed by atoms with van der Waals surface area (Å²) in [5.41, 5.74) is 0.118. The smallest absolute Gasteiger partial charge is 0.168 e. The monoisotopic (exact) mass is 418 g/mol. The maximum absolute atomic E-state index is 11.5. The van der Waals surface area contributed by atoms with Gasteiger partial charge in [-0.3, -0.25) is 0 Å². The van der Waals surface area contributed by atoms with E-state index in [9.17, 15) is 4.79 Å². The van der Waals surface area contributed by atoms with Gasteiger partial charge >= 0.3 is 0 Å². The highest BCUT2D eigenvalue weighted by Gasteiger charge is 2.56. The number of aldehydes is 1. The Morgan fingerprint density at radius 2 is 2.00 bits per heavy atom. The van der Waals surface area contributed by atoms with Gasteiger partial charge in [-0.2, -0.15) is 0 Å². The number of fused-ring (bicyclic) bond motifs is 1. The van der Waals surface area contributed by atoms with Crippen molar-refractivity contribution in [2.75, 3.05) is 13.2 Å². The van der Waals surface area contributed by atoms with Gasteiger partial charge in [-0.1, -0.05) is 20.4 Å². The number of hydrogen-bond acceptors (Lipinski definition) is 3. The molecular weight excluding hydrogens is 391 g/mol. The molecule has 124 valence electrons. The van der Waals surface area contributed by atoms with E-state index in [2.05, 4.69) is 43.0 Å². The number of carbonyl (C=O) groups excluding carboxylic acids is 1. The van der Waals surface area contributed by atoms with Crippen molar-refractivity contribution in [1.29, 1.82) is 0 Å². The van der Waals surface area contributed by atoms with Gasteiger partial charge in [0.25, 0.3) is 0 Å². The summed E-state index contributed by atoms with van der Waals surface area (Å²) >= 11 is 2.30. The molecule has 22 heavy (non-hydrogen) atoms. The van der Waals surface area contributed by atoms with Gasteiger partial charge in [-0.25, -0.2) is 0 Å². The average Bonchev–Trinajstić information content (AvgIpc) is 2.94. The number of carbonyl (C=O) groups is 1. The van der Waals surface area contributed by atoms with Crippen molar-refractivity contribution in [1.82, 2.24) is 0 Å². The summed E-state index contributed by atoms with van der Waals surface area (Å²) in [6, 6.07) is 0. The second-order valence-corrected chi connectivity index (χ2v) is 9.77. The van der Waals surface area contributed by atoms with E-state index >= 15 is 0 Å². The number of ether oxygens (including phenoxy) is 2. The summed E-state index contributed by atoms with van der Waals surface area (Å²) in [5.74, 6) is 1.51. The molecule has 4 atom stereocenters. The fourth-order valence-electron chi connectivity index (χ4n) is 4.64. The van der Waals surface area contributed by atoms with E-state index < -0.39 is 0 Å². The van der Waals surface area contributed by atoms with Crippen molar-refractivity contribution < 1.29 is 14.3 Å². The molecule has 1 spiro atoms. The molecule has 0 aromatic rings. The molecule has 1 aliphatic heterocycles. The van der Waals surface area contributed by atoms with Crippen molar-refractivity contribution >= 4 is 28.9 Å². The van der Waals surface area contributed by atoms with E-state index in [-0.39, 0.29) is 17.1 Å². The molecule has 0 amide bonds. The molecule has 0 radical (unpaired) electrons. The molecule has 4 heteroatoms. The van der Waals surface area contributed by atoms with Crippen molar-refractivity contribution in [3.63, 3.8) is 0 Å². The van der Waals surface area contributed by atoms with Crippen LogP contribution < -0.4 is 0 Å². The van der Waals surface area contributed by atoms with E-state index in [0.29, 0.717) is 17.8 Å². The van der Waals surface area contributed by atoms with Gasteiger partial charge in [0.2, 0.25) is 0 Å². The second kappa shape index (κ2) is 6.17. The lowest BCUT2D eigenvalue weighted by Gasteiger charge is -2.42. The molecule has 0 N–H and O–H groups in total. The highest BCUT2D eigenvalue weighted by atomic mass is 127. The minimum Gasteiger partial charge on any atom is -0.349 e. The first-order chi connectivity index (χ1) is 10.3. The first-order valence-corrected chi connectivity index (χ1v) is 9.48. The van der Waals surface area contributed by atoms with Crippen LogP contribution in [0.1, 0.15) is 46.0 Å². The predicted octanol–water partition coefficient (Wildman–Crippen LogP) is 4.35. The summed E-state index contributed by atoms with van der Waals surface area (Å²) in [4.78, 5) is 11.5. The molecule has 2 saturated carbocycles. The van der Waals surface area contributed by atoms with Crippen molar-refractivity contribution in [2.24, 2.45) is 29.1 Å². The third kappa shape index (κ3) is 3.29. The van der Waals surface area contributed by atoms with Crippen molar-refractivity contribution in [3.05, 3.63) is 10.2 Å². The maximum Gasteiger partial charge on any atom is 0.168 e.